The van der Waals surface area contributed by atoms with Gasteiger partial charge in [0, 0.05) is 33.5 Å². The molecule has 0 aliphatic heterocycles. The Labute approximate surface area is 96.7 Å². The van der Waals surface area contributed by atoms with Crippen LogP contribution in [0.25, 0.3) is 6.08 Å². The molecule has 0 aliphatic carbocycles. The quantitative estimate of drug-likeness (QED) is 0.671. The van der Waals surface area contributed by atoms with E-state index in [0.717, 1.165) is 6.08 Å². The second-order valence-corrected chi connectivity index (χ2v) is 2.60. The van der Waals surface area contributed by atoms with Crippen molar-refractivity contribution in [3.63, 3.8) is 0 Å². The van der Waals surface area contributed by atoms with Crippen molar-refractivity contribution in [1.82, 2.24) is 0 Å². The summed E-state index contributed by atoms with van der Waals surface area (Å²) in [5.74, 6) is -0.977. The molecule has 2 nitrogen and oxygen atoms in total. The molecule has 73 valence electrons. The Hall–Kier alpha value is -0.540. The maximum Gasteiger partial charge on any atom is 0.328 e. The fraction of sp³-hybridized carbons (Fsp3) is 0. The molecule has 0 saturated heterocycles. The van der Waals surface area contributed by atoms with E-state index in [1.807, 2.05) is 0 Å². The Kier molecular flexibility index (Phi) is 5.75. The standard InChI is InChI=1S/C9H7ClO2.Ag/c10-8-4-2-1-3-7(8)5-6-9(11)12;/h1-6H,(H,11,12);. The number of rotatable bonds is 2. The van der Waals surface area contributed by atoms with Crippen LogP contribution in [0.15, 0.2) is 30.3 Å². The third kappa shape index (κ3) is 4.29. The van der Waals surface area contributed by atoms with Crippen molar-refractivity contribution in [2.45, 2.75) is 0 Å². The van der Waals surface area contributed by atoms with Crippen LogP contribution in [0, 0.1) is 0 Å². The molecule has 1 N–H and O–H groups in total. The van der Waals surface area contributed by atoms with Gasteiger partial charge in [-0.15, -0.1) is 0 Å². The Morgan fingerprint density at radius 2 is 2.00 bits per heavy atom. The molecular weight excluding hydrogens is 283 g/mol. The van der Waals surface area contributed by atoms with Crippen molar-refractivity contribution >= 4 is 23.6 Å². The number of carboxylic acids is 1. The van der Waals surface area contributed by atoms with Gasteiger partial charge in [-0.05, 0) is 17.7 Å². The van der Waals surface area contributed by atoms with Crippen molar-refractivity contribution in [3.05, 3.63) is 40.9 Å². The fourth-order valence-corrected chi connectivity index (χ4v) is 0.970. The summed E-state index contributed by atoms with van der Waals surface area (Å²) in [4.78, 5) is 10.2. The van der Waals surface area contributed by atoms with Crippen LogP contribution >= 0.6 is 11.6 Å². The Bertz CT molecular complexity index is 323. The van der Waals surface area contributed by atoms with Gasteiger partial charge in [-0.3, -0.25) is 0 Å². The van der Waals surface area contributed by atoms with E-state index < -0.39 is 5.97 Å². The summed E-state index contributed by atoms with van der Waals surface area (Å²) in [6, 6.07) is 7.05. The molecule has 1 radical (unpaired) electrons. The van der Waals surface area contributed by atoms with Gasteiger partial charge in [-0.25, -0.2) is 4.79 Å². The van der Waals surface area contributed by atoms with Gasteiger partial charge in [0.25, 0.3) is 0 Å². The first-order chi connectivity index (χ1) is 5.70. The van der Waals surface area contributed by atoms with E-state index in [1.54, 1.807) is 24.3 Å². The molecule has 0 fully saturated rings. The van der Waals surface area contributed by atoms with Crippen molar-refractivity contribution in [3.8, 4) is 0 Å². The minimum Gasteiger partial charge on any atom is -0.478 e. The molecule has 0 aliphatic rings. The minimum atomic E-state index is -0.977. The second kappa shape index (κ2) is 6.00. The predicted molar refractivity (Wildman–Crippen MR) is 48.1 cm³/mol. The zero-order valence-corrected chi connectivity index (χ0v) is 8.74. The minimum absolute atomic E-state index is 0. The van der Waals surface area contributed by atoms with Crippen molar-refractivity contribution < 1.29 is 32.3 Å². The number of benzene rings is 1. The topological polar surface area (TPSA) is 37.3 Å². The molecule has 1 aromatic carbocycles. The van der Waals surface area contributed by atoms with Crippen LogP contribution in [0.3, 0.4) is 0 Å². The first-order valence-electron chi connectivity index (χ1n) is 3.35. The maximum absolute atomic E-state index is 10.2. The van der Waals surface area contributed by atoms with E-state index in [4.69, 9.17) is 16.7 Å². The molecule has 1 aromatic rings. The zero-order chi connectivity index (χ0) is 8.97. The smallest absolute Gasteiger partial charge is 0.328 e. The number of halogens is 1. The second-order valence-electron chi connectivity index (χ2n) is 2.19. The van der Waals surface area contributed by atoms with Gasteiger partial charge in [-0.1, -0.05) is 29.8 Å². The van der Waals surface area contributed by atoms with Crippen molar-refractivity contribution in [2.24, 2.45) is 0 Å². The van der Waals surface area contributed by atoms with Gasteiger partial charge in [0.15, 0.2) is 0 Å². The maximum atomic E-state index is 10.2. The summed E-state index contributed by atoms with van der Waals surface area (Å²) in [5, 5.41) is 8.89. The first-order valence-corrected chi connectivity index (χ1v) is 3.73. The van der Waals surface area contributed by atoms with Gasteiger partial charge in [-0.2, -0.15) is 0 Å². The molecule has 0 unspecified atom stereocenters. The molecule has 0 amide bonds. The zero-order valence-electron chi connectivity index (χ0n) is 6.50. The molecule has 1 rings (SSSR count). The molecule has 0 aromatic heterocycles. The summed E-state index contributed by atoms with van der Waals surface area (Å²) in [5.41, 5.74) is 0.710. The Balaban J connectivity index is 0.00000144. The molecule has 4 heteroatoms. The SMILES string of the molecule is O=C(O)C=Cc1ccccc1Cl.[Ag]. The molecule has 0 bridgehead atoms. The van der Waals surface area contributed by atoms with Crippen LogP contribution in [0.4, 0.5) is 0 Å². The van der Waals surface area contributed by atoms with Gasteiger partial charge in [0.1, 0.15) is 0 Å². The number of carboxylic acid groups (broad SMARTS) is 1. The van der Waals surface area contributed by atoms with Crippen LogP contribution in [0.1, 0.15) is 5.56 Å². The molecule has 13 heavy (non-hydrogen) atoms. The van der Waals surface area contributed by atoms with E-state index in [9.17, 15) is 4.79 Å². The van der Waals surface area contributed by atoms with E-state index in [0.29, 0.717) is 10.6 Å². The third-order valence-electron chi connectivity index (χ3n) is 1.31. The Morgan fingerprint density at radius 3 is 2.54 bits per heavy atom. The van der Waals surface area contributed by atoms with Crippen LogP contribution in [0.5, 0.6) is 0 Å². The average Bonchev–Trinajstić information content (AvgIpc) is 2.03. The van der Waals surface area contributed by atoms with Gasteiger partial charge < -0.3 is 5.11 Å². The summed E-state index contributed by atoms with van der Waals surface area (Å²) < 4.78 is 0. The van der Waals surface area contributed by atoms with Gasteiger partial charge in [0.05, 0.1) is 0 Å². The third-order valence-corrected chi connectivity index (χ3v) is 1.65. The van der Waals surface area contributed by atoms with Crippen LogP contribution in [0.2, 0.25) is 5.02 Å². The first kappa shape index (κ1) is 12.5. The summed E-state index contributed by atoms with van der Waals surface area (Å²) in [7, 11) is 0. The van der Waals surface area contributed by atoms with Crippen molar-refractivity contribution in [2.75, 3.05) is 0 Å². The van der Waals surface area contributed by atoms with Gasteiger partial charge >= 0.3 is 5.97 Å². The predicted octanol–water partition coefficient (Wildman–Crippen LogP) is 2.44. The number of hydrogen-bond acceptors (Lipinski definition) is 1. The van der Waals surface area contributed by atoms with E-state index in [-0.39, 0.29) is 22.4 Å². The summed E-state index contributed by atoms with van der Waals surface area (Å²) in [6.45, 7) is 0. The van der Waals surface area contributed by atoms with E-state index in [1.165, 1.54) is 6.08 Å². The number of aliphatic carboxylic acids is 1. The van der Waals surface area contributed by atoms with Crippen LogP contribution in [-0.4, -0.2) is 11.1 Å². The average molecular weight is 290 g/mol. The molecule has 0 spiro atoms. The molecule has 0 saturated carbocycles. The van der Waals surface area contributed by atoms with Crippen LogP contribution < -0.4 is 0 Å². The Morgan fingerprint density at radius 1 is 1.38 bits per heavy atom. The monoisotopic (exact) mass is 289 g/mol. The summed E-state index contributed by atoms with van der Waals surface area (Å²) >= 11 is 5.76. The van der Waals surface area contributed by atoms with E-state index >= 15 is 0 Å². The molecular formula is C9H7AgClO2. The molecule has 0 heterocycles. The fourth-order valence-electron chi connectivity index (χ4n) is 0.771. The number of carbonyl (C=O) groups is 1. The largest absolute Gasteiger partial charge is 0.478 e. The number of hydrogen-bond donors (Lipinski definition) is 1. The van der Waals surface area contributed by atoms with Crippen molar-refractivity contribution in [1.29, 1.82) is 0 Å². The van der Waals surface area contributed by atoms with Gasteiger partial charge in [0.2, 0.25) is 0 Å². The van der Waals surface area contributed by atoms with Crippen LogP contribution in [-0.2, 0) is 27.2 Å². The molecule has 0 atom stereocenters. The van der Waals surface area contributed by atoms with E-state index in [2.05, 4.69) is 0 Å². The normalized spacial score (nSPS) is 9.62. The summed E-state index contributed by atoms with van der Waals surface area (Å²) in [6.07, 6.45) is 2.52.